The lowest BCUT2D eigenvalue weighted by atomic mass is 9.70. The second-order valence-electron chi connectivity index (χ2n) is 7.11. The first-order valence-corrected chi connectivity index (χ1v) is 8.80. The molecule has 1 aliphatic carbocycles. The number of amides is 1. The summed E-state index contributed by atoms with van der Waals surface area (Å²) in [5.41, 5.74) is 0.822. The fraction of sp³-hybridized carbons (Fsp3) is 0.300. The van der Waals surface area contributed by atoms with Crippen LogP contribution < -0.4 is 5.32 Å². The number of nitro groups is 1. The number of benzene rings is 2. The fourth-order valence-corrected chi connectivity index (χ4v) is 4.27. The quantitative estimate of drug-likeness (QED) is 0.629. The van der Waals surface area contributed by atoms with Crippen LogP contribution in [0.5, 0.6) is 0 Å². The van der Waals surface area contributed by atoms with E-state index < -0.39 is 16.2 Å². The minimum atomic E-state index is -0.764. The molecule has 1 amide bonds. The zero-order valence-corrected chi connectivity index (χ0v) is 14.4. The van der Waals surface area contributed by atoms with E-state index in [2.05, 4.69) is 5.32 Å². The Balaban J connectivity index is 1.96. The second kappa shape index (κ2) is 6.16. The second-order valence-corrected chi connectivity index (χ2v) is 7.11. The molecule has 0 aromatic heterocycles. The van der Waals surface area contributed by atoms with E-state index in [-0.39, 0.29) is 22.8 Å². The molecule has 1 heterocycles. The molecule has 1 spiro atoms. The van der Waals surface area contributed by atoms with Gasteiger partial charge < -0.3 is 5.32 Å². The van der Waals surface area contributed by atoms with Crippen LogP contribution >= 0.6 is 0 Å². The minimum absolute atomic E-state index is 0.134. The molecule has 1 fully saturated rings. The van der Waals surface area contributed by atoms with Gasteiger partial charge in [0.25, 0.3) is 5.69 Å². The summed E-state index contributed by atoms with van der Waals surface area (Å²) < 4.78 is 13.9. The molecular weight excluding hydrogens is 349 g/mol. The number of halogens is 1. The molecule has 7 heteroatoms. The van der Waals surface area contributed by atoms with Gasteiger partial charge in [0.1, 0.15) is 11.5 Å². The Morgan fingerprint density at radius 2 is 1.81 bits per heavy atom. The summed E-state index contributed by atoms with van der Waals surface area (Å²) in [7, 11) is 0. The van der Waals surface area contributed by atoms with Gasteiger partial charge in [-0.05, 0) is 53.8 Å². The number of nitrogens with one attached hydrogen (secondary N) is 1. The summed E-state index contributed by atoms with van der Waals surface area (Å²) in [6.45, 7) is 0. The van der Waals surface area contributed by atoms with Crippen LogP contribution in [0, 0.1) is 27.3 Å². The van der Waals surface area contributed by atoms with Gasteiger partial charge in [-0.3, -0.25) is 14.9 Å². The number of fused-ring (bicyclic) bond motifs is 2. The first-order valence-electron chi connectivity index (χ1n) is 8.80. The van der Waals surface area contributed by atoms with E-state index in [1.807, 2.05) is 6.07 Å². The first-order chi connectivity index (χ1) is 12.9. The Hall–Kier alpha value is -3.27. The fourth-order valence-electron chi connectivity index (χ4n) is 4.27. The predicted octanol–water partition coefficient (Wildman–Crippen LogP) is 4.43. The summed E-state index contributed by atoms with van der Waals surface area (Å²) in [6.07, 6.45) is 4.06. The Labute approximate surface area is 154 Å². The Kier molecular flexibility index (Phi) is 3.92. The molecule has 2 aliphatic rings. The average molecular weight is 365 g/mol. The zero-order valence-electron chi connectivity index (χ0n) is 14.4. The minimum Gasteiger partial charge on any atom is -0.319 e. The largest absolute Gasteiger partial charge is 0.319 e. The first kappa shape index (κ1) is 17.2. The molecule has 136 valence electrons. The monoisotopic (exact) mass is 365 g/mol. The van der Waals surface area contributed by atoms with Gasteiger partial charge in [-0.25, -0.2) is 4.39 Å². The van der Waals surface area contributed by atoms with Gasteiger partial charge in [0.15, 0.2) is 0 Å². The summed E-state index contributed by atoms with van der Waals surface area (Å²) in [6, 6.07) is 8.80. The van der Waals surface area contributed by atoms with Crippen molar-refractivity contribution in [1.29, 1.82) is 5.26 Å². The molecular formula is C20H16FN3O3. The van der Waals surface area contributed by atoms with Crippen molar-refractivity contribution in [3.63, 3.8) is 0 Å². The van der Waals surface area contributed by atoms with Gasteiger partial charge >= 0.3 is 0 Å². The van der Waals surface area contributed by atoms with Crippen LogP contribution in [-0.2, 0) is 10.2 Å². The number of nitro benzene ring substituents is 1. The third kappa shape index (κ3) is 2.65. The number of hydrogen-bond donors (Lipinski definition) is 1. The van der Waals surface area contributed by atoms with Crippen LogP contribution in [-0.4, -0.2) is 10.8 Å². The Morgan fingerprint density at radius 1 is 1.11 bits per heavy atom. The molecule has 2 aromatic rings. The zero-order chi connectivity index (χ0) is 19.2. The Morgan fingerprint density at radius 3 is 2.48 bits per heavy atom. The third-order valence-electron chi connectivity index (χ3n) is 5.57. The van der Waals surface area contributed by atoms with Crippen molar-refractivity contribution in [2.75, 3.05) is 5.32 Å². The lowest BCUT2D eigenvalue weighted by Gasteiger charge is -2.31. The van der Waals surface area contributed by atoms with Crippen LogP contribution in [0.25, 0.3) is 11.1 Å². The molecule has 0 atom stereocenters. The van der Waals surface area contributed by atoms with Crippen molar-refractivity contribution < 1.29 is 14.1 Å². The lowest BCUT2D eigenvalue weighted by Crippen LogP contribution is -2.36. The van der Waals surface area contributed by atoms with Crippen molar-refractivity contribution in [2.24, 2.45) is 0 Å². The van der Waals surface area contributed by atoms with Crippen LogP contribution in [0.15, 0.2) is 30.3 Å². The highest BCUT2D eigenvalue weighted by Gasteiger charge is 2.49. The van der Waals surface area contributed by atoms with Gasteiger partial charge in [0.2, 0.25) is 5.91 Å². The number of nitrogens with zero attached hydrogens (tertiary/aromatic N) is 2. The maximum absolute atomic E-state index is 13.9. The average Bonchev–Trinajstić information content (AvgIpc) is 2.92. The van der Waals surface area contributed by atoms with E-state index in [9.17, 15) is 19.3 Å². The molecule has 1 saturated carbocycles. The summed E-state index contributed by atoms with van der Waals surface area (Å²) in [4.78, 5) is 23.9. The van der Waals surface area contributed by atoms with Gasteiger partial charge in [0, 0.05) is 6.07 Å². The topological polar surface area (TPSA) is 96.0 Å². The number of carbonyl (C=O) groups is 1. The summed E-state index contributed by atoms with van der Waals surface area (Å²) >= 11 is 0. The van der Waals surface area contributed by atoms with E-state index in [0.717, 1.165) is 25.3 Å². The normalized spacial score (nSPS) is 17.3. The standard InChI is InChI=1S/C20H16FN3O3/c21-15-7-12(11-22)6-13(8-15)14-9-16-18(17(10-14)24(26)27)23-19(25)20(16)4-2-1-3-5-20/h6-10H,1-5H2,(H,23,25). The molecule has 27 heavy (non-hydrogen) atoms. The van der Waals surface area contributed by atoms with Crippen molar-refractivity contribution in [1.82, 2.24) is 0 Å². The van der Waals surface area contributed by atoms with Crippen LogP contribution in [0.2, 0.25) is 0 Å². The lowest BCUT2D eigenvalue weighted by molar-refractivity contribution is -0.383. The van der Waals surface area contributed by atoms with E-state index in [1.165, 1.54) is 18.2 Å². The van der Waals surface area contributed by atoms with Crippen molar-refractivity contribution >= 4 is 17.3 Å². The number of carbonyl (C=O) groups excluding carboxylic acids is 1. The highest BCUT2D eigenvalue weighted by Crippen LogP contribution is 2.51. The smallest absolute Gasteiger partial charge is 0.293 e. The van der Waals surface area contributed by atoms with E-state index in [4.69, 9.17) is 5.26 Å². The highest BCUT2D eigenvalue weighted by molar-refractivity contribution is 6.09. The van der Waals surface area contributed by atoms with Gasteiger partial charge in [-0.2, -0.15) is 5.26 Å². The summed E-state index contributed by atoms with van der Waals surface area (Å²) in [5, 5.41) is 23.4. The van der Waals surface area contributed by atoms with Crippen molar-refractivity contribution in [3.05, 3.63) is 57.4 Å². The molecule has 1 N–H and O–H groups in total. The van der Waals surface area contributed by atoms with E-state index >= 15 is 0 Å². The summed E-state index contributed by atoms with van der Waals surface area (Å²) in [5.74, 6) is -0.789. The van der Waals surface area contributed by atoms with Crippen LogP contribution in [0.4, 0.5) is 15.8 Å². The van der Waals surface area contributed by atoms with E-state index in [1.54, 1.807) is 6.07 Å². The number of anilines is 1. The van der Waals surface area contributed by atoms with Crippen LogP contribution in [0.1, 0.15) is 43.2 Å². The molecule has 4 rings (SSSR count). The number of hydrogen-bond acceptors (Lipinski definition) is 4. The predicted molar refractivity (Wildman–Crippen MR) is 96.6 cm³/mol. The van der Waals surface area contributed by atoms with E-state index in [0.29, 0.717) is 29.5 Å². The Bertz CT molecular complexity index is 1020. The van der Waals surface area contributed by atoms with Gasteiger partial charge in [-0.15, -0.1) is 0 Å². The van der Waals surface area contributed by atoms with Crippen LogP contribution in [0.3, 0.4) is 0 Å². The third-order valence-corrected chi connectivity index (χ3v) is 5.57. The number of nitriles is 1. The molecule has 0 unspecified atom stereocenters. The van der Waals surface area contributed by atoms with Crippen molar-refractivity contribution in [2.45, 2.75) is 37.5 Å². The maximum atomic E-state index is 13.9. The highest BCUT2D eigenvalue weighted by atomic mass is 19.1. The molecule has 0 saturated heterocycles. The molecule has 2 aromatic carbocycles. The molecule has 1 aliphatic heterocycles. The maximum Gasteiger partial charge on any atom is 0.293 e. The number of rotatable bonds is 2. The molecule has 6 nitrogen and oxygen atoms in total. The van der Waals surface area contributed by atoms with Gasteiger partial charge in [-0.1, -0.05) is 19.3 Å². The SMILES string of the molecule is N#Cc1cc(F)cc(-c2cc([N+](=O)[O-])c3c(c2)C2(CCCCC2)C(=O)N3)c1. The van der Waals surface area contributed by atoms with Crippen molar-refractivity contribution in [3.8, 4) is 17.2 Å². The van der Waals surface area contributed by atoms with Gasteiger partial charge in [0.05, 0.1) is 22.0 Å². The molecule has 0 radical (unpaired) electrons. The molecule has 0 bridgehead atoms.